The molecule has 1 atom stereocenters. The Labute approximate surface area is 81.8 Å². The third-order valence-electron chi connectivity index (χ3n) is 2.28. The van der Waals surface area contributed by atoms with Crippen molar-refractivity contribution in [1.82, 2.24) is 9.97 Å². The molecule has 0 aliphatic rings. The Balaban J connectivity index is 2.56. The van der Waals surface area contributed by atoms with Crippen molar-refractivity contribution in [2.24, 2.45) is 5.73 Å². The van der Waals surface area contributed by atoms with E-state index < -0.39 is 6.04 Å². The molecular weight excluding hydrogens is 178 g/mol. The minimum Gasteiger partial charge on any atom is -0.394 e. The van der Waals surface area contributed by atoms with Crippen molar-refractivity contribution >= 4 is 11.0 Å². The molecule has 1 aromatic carbocycles. The number of benzene rings is 1. The Bertz CT molecular complexity index is 450. The van der Waals surface area contributed by atoms with Gasteiger partial charge in [0.25, 0.3) is 0 Å². The smallest absolute Gasteiger partial charge is 0.126 e. The summed E-state index contributed by atoms with van der Waals surface area (Å²) in [6.45, 7) is 1.90. The van der Waals surface area contributed by atoms with E-state index in [4.69, 9.17) is 10.8 Å². The van der Waals surface area contributed by atoms with Crippen LogP contribution in [0, 0.1) is 6.92 Å². The van der Waals surface area contributed by atoms with Crippen molar-refractivity contribution in [2.75, 3.05) is 6.61 Å². The van der Waals surface area contributed by atoms with E-state index in [2.05, 4.69) is 9.97 Å². The zero-order valence-electron chi connectivity index (χ0n) is 7.99. The summed E-state index contributed by atoms with van der Waals surface area (Å²) in [6.07, 6.45) is 0. The lowest BCUT2D eigenvalue weighted by Gasteiger charge is -2.01. The summed E-state index contributed by atoms with van der Waals surface area (Å²) in [7, 11) is 0. The molecule has 0 saturated heterocycles. The summed E-state index contributed by atoms with van der Waals surface area (Å²) in [5.41, 5.74) is 8.66. The highest BCUT2D eigenvalue weighted by atomic mass is 16.3. The van der Waals surface area contributed by atoms with Crippen molar-refractivity contribution in [3.05, 3.63) is 29.6 Å². The van der Waals surface area contributed by atoms with Crippen LogP contribution in [0.4, 0.5) is 0 Å². The van der Waals surface area contributed by atoms with Gasteiger partial charge in [0.05, 0.1) is 23.7 Å². The van der Waals surface area contributed by atoms with Crippen LogP contribution in [0.2, 0.25) is 0 Å². The van der Waals surface area contributed by atoms with Gasteiger partial charge in [0.2, 0.25) is 0 Å². The number of H-pyrrole nitrogens is 1. The van der Waals surface area contributed by atoms with Gasteiger partial charge in [-0.2, -0.15) is 0 Å². The van der Waals surface area contributed by atoms with Crippen molar-refractivity contribution in [3.8, 4) is 0 Å². The van der Waals surface area contributed by atoms with Gasteiger partial charge in [-0.25, -0.2) is 4.98 Å². The van der Waals surface area contributed by atoms with Crippen molar-refractivity contribution in [3.63, 3.8) is 0 Å². The van der Waals surface area contributed by atoms with Crippen molar-refractivity contribution < 1.29 is 5.11 Å². The number of para-hydroxylation sites is 1. The zero-order chi connectivity index (χ0) is 10.1. The number of fused-ring (bicyclic) bond motifs is 1. The predicted molar refractivity (Wildman–Crippen MR) is 54.8 cm³/mol. The molecule has 2 aromatic rings. The second-order valence-electron chi connectivity index (χ2n) is 3.38. The number of nitrogens with one attached hydrogen (secondary N) is 1. The normalized spacial score (nSPS) is 13.4. The number of aryl methyl sites for hydroxylation is 1. The standard InChI is InChI=1S/C10H13N3O/c1-6-3-2-4-8-9(6)13-10(12-8)7(11)5-14/h2-4,7,14H,5,11H2,1H3,(H,12,13). The molecule has 74 valence electrons. The first-order valence-corrected chi connectivity index (χ1v) is 4.54. The fourth-order valence-electron chi connectivity index (χ4n) is 1.46. The number of rotatable bonds is 2. The molecule has 4 heteroatoms. The van der Waals surface area contributed by atoms with Crippen LogP contribution < -0.4 is 5.73 Å². The highest BCUT2D eigenvalue weighted by Gasteiger charge is 2.10. The lowest BCUT2D eigenvalue weighted by Crippen LogP contribution is -2.15. The maximum Gasteiger partial charge on any atom is 0.126 e. The second kappa shape index (κ2) is 3.40. The van der Waals surface area contributed by atoms with E-state index >= 15 is 0 Å². The van der Waals surface area contributed by atoms with Gasteiger partial charge >= 0.3 is 0 Å². The Hall–Kier alpha value is -1.39. The number of hydrogen-bond acceptors (Lipinski definition) is 3. The molecular formula is C10H13N3O. The van der Waals surface area contributed by atoms with E-state index in [-0.39, 0.29) is 6.61 Å². The molecule has 1 aromatic heterocycles. The van der Waals surface area contributed by atoms with Gasteiger partial charge in [0, 0.05) is 0 Å². The molecule has 0 radical (unpaired) electrons. The maximum absolute atomic E-state index is 8.90. The van der Waals surface area contributed by atoms with E-state index in [0.717, 1.165) is 16.6 Å². The van der Waals surface area contributed by atoms with Crippen molar-refractivity contribution in [2.45, 2.75) is 13.0 Å². The summed E-state index contributed by atoms with van der Waals surface area (Å²) in [5, 5.41) is 8.90. The summed E-state index contributed by atoms with van der Waals surface area (Å²) in [5.74, 6) is 0.636. The molecule has 4 N–H and O–H groups in total. The average molecular weight is 191 g/mol. The van der Waals surface area contributed by atoms with Crippen LogP contribution in [-0.2, 0) is 0 Å². The van der Waals surface area contributed by atoms with Crippen LogP contribution in [0.5, 0.6) is 0 Å². The predicted octanol–water partition coefficient (Wildman–Crippen LogP) is 0.863. The number of hydrogen-bond donors (Lipinski definition) is 3. The van der Waals surface area contributed by atoms with E-state index in [1.54, 1.807) is 0 Å². The molecule has 0 saturated carbocycles. The molecule has 0 fully saturated rings. The van der Waals surface area contributed by atoms with Gasteiger partial charge in [-0.3, -0.25) is 0 Å². The third kappa shape index (κ3) is 1.38. The Morgan fingerprint density at radius 1 is 1.57 bits per heavy atom. The van der Waals surface area contributed by atoms with E-state index in [1.807, 2.05) is 25.1 Å². The lowest BCUT2D eigenvalue weighted by atomic mass is 10.2. The van der Waals surface area contributed by atoms with Gasteiger partial charge in [-0.1, -0.05) is 12.1 Å². The minimum atomic E-state index is -0.429. The molecule has 4 nitrogen and oxygen atoms in total. The van der Waals surface area contributed by atoms with Gasteiger partial charge in [0.1, 0.15) is 5.82 Å². The van der Waals surface area contributed by atoms with Crippen LogP contribution >= 0.6 is 0 Å². The maximum atomic E-state index is 8.90. The molecule has 0 spiro atoms. The molecule has 2 rings (SSSR count). The SMILES string of the molecule is Cc1cccc2[nH]c(C(N)CO)nc12. The molecule has 1 unspecified atom stereocenters. The number of aliphatic hydroxyl groups excluding tert-OH is 1. The minimum absolute atomic E-state index is 0.0983. The Kier molecular flexibility index (Phi) is 2.23. The third-order valence-corrected chi connectivity index (χ3v) is 2.28. The fourth-order valence-corrected chi connectivity index (χ4v) is 1.46. The van der Waals surface area contributed by atoms with Crippen LogP contribution in [0.1, 0.15) is 17.4 Å². The molecule has 1 heterocycles. The van der Waals surface area contributed by atoms with Gasteiger partial charge in [-0.15, -0.1) is 0 Å². The molecule has 0 bridgehead atoms. The largest absolute Gasteiger partial charge is 0.394 e. The molecule has 0 aliphatic carbocycles. The quantitative estimate of drug-likeness (QED) is 0.659. The summed E-state index contributed by atoms with van der Waals surface area (Å²) in [4.78, 5) is 7.43. The van der Waals surface area contributed by atoms with Crippen LogP contribution in [0.15, 0.2) is 18.2 Å². The Morgan fingerprint density at radius 3 is 3.00 bits per heavy atom. The summed E-state index contributed by atoms with van der Waals surface area (Å²) in [6, 6.07) is 5.48. The highest BCUT2D eigenvalue weighted by molar-refractivity contribution is 5.78. The first-order valence-electron chi connectivity index (χ1n) is 4.54. The van der Waals surface area contributed by atoms with Gasteiger partial charge < -0.3 is 15.8 Å². The van der Waals surface area contributed by atoms with E-state index in [9.17, 15) is 0 Å². The number of nitrogens with two attached hydrogens (primary N) is 1. The van der Waals surface area contributed by atoms with E-state index in [0.29, 0.717) is 5.82 Å². The first kappa shape index (κ1) is 9.18. The average Bonchev–Trinajstić information content (AvgIpc) is 2.62. The number of aromatic nitrogens is 2. The number of aliphatic hydroxyl groups is 1. The van der Waals surface area contributed by atoms with Gasteiger partial charge in [0.15, 0.2) is 0 Å². The zero-order valence-corrected chi connectivity index (χ0v) is 7.99. The summed E-state index contributed by atoms with van der Waals surface area (Å²) >= 11 is 0. The van der Waals surface area contributed by atoms with Crippen LogP contribution in [-0.4, -0.2) is 21.7 Å². The van der Waals surface area contributed by atoms with Crippen LogP contribution in [0.3, 0.4) is 0 Å². The monoisotopic (exact) mass is 191 g/mol. The number of imidazole rings is 1. The number of aromatic amines is 1. The first-order chi connectivity index (χ1) is 6.72. The lowest BCUT2D eigenvalue weighted by molar-refractivity contribution is 0.264. The van der Waals surface area contributed by atoms with Crippen LogP contribution in [0.25, 0.3) is 11.0 Å². The topological polar surface area (TPSA) is 74.9 Å². The molecule has 0 amide bonds. The molecule has 14 heavy (non-hydrogen) atoms. The number of nitrogens with zero attached hydrogens (tertiary/aromatic N) is 1. The second-order valence-corrected chi connectivity index (χ2v) is 3.38. The highest BCUT2D eigenvalue weighted by Crippen LogP contribution is 2.17. The van der Waals surface area contributed by atoms with E-state index in [1.165, 1.54) is 0 Å². The Morgan fingerprint density at radius 2 is 2.36 bits per heavy atom. The summed E-state index contributed by atoms with van der Waals surface area (Å²) < 4.78 is 0. The van der Waals surface area contributed by atoms with Gasteiger partial charge in [-0.05, 0) is 18.6 Å². The fraction of sp³-hybridized carbons (Fsp3) is 0.300. The molecule has 0 aliphatic heterocycles. The van der Waals surface area contributed by atoms with Crippen molar-refractivity contribution in [1.29, 1.82) is 0 Å².